The van der Waals surface area contributed by atoms with Gasteiger partial charge in [-0.1, -0.05) is 77.6 Å². The highest BCUT2D eigenvalue weighted by molar-refractivity contribution is 7.86. The molecule has 0 saturated carbocycles. The smallest absolute Gasteiger partial charge is 0.284 e. The summed E-state index contributed by atoms with van der Waals surface area (Å²) < 4.78 is 62.7. The van der Waals surface area contributed by atoms with Crippen molar-refractivity contribution >= 4 is 83.1 Å². The van der Waals surface area contributed by atoms with Crippen LogP contribution in [0.5, 0.6) is 0 Å². The van der Waals surface area contributed by atoms with E-state index in [4.69, 9.17) is 43.9 Å². The zero-order valence-corrected chi connectivity index (χ0v) is 28.5. The van der Waals surface area contributed by atoms with E-state index in [1.165, 1.54) is 30.7 Å². The summed E-state index contributed by atoms with van der Waals surface area (Å²) in [5, 5.41) is 10.2. The Morgan fingerprint density at radius 3 is 1.85 bits per heavy atom. The SMILES string of the molecule is O=C(NN1CCCCC1)C1=NN(c2ccc(Cl)cc2Cl)C(c2ccc(Cl)cc2)C1.O=S(=O)(O)c1cccc2c(S(=O)(=O)O)cccc12. The topological polar surface area (TPSA) is 157 Å². The molecule has 0 aromatic heterocycles. The Balaban J connectivity index is 0.000000207. The zero-order chi connectivity index (χ0) is 33.9. The van der Waals surface area contributed by atoms with Gasteiger partial charge in [0.05, 0.1) is 16.8 Å². The number of nitrogens with zero attached hydrogens (tertiary/aromatic N) is 3. The lowest BCUT2D eigenvalue weighted by atomic mass is 10.0. The molecule has 1 unspecified atom stereocenters. The van der Waals surface area contributed by atoms with Crippen molar-refractivity contribution in [2.24, 2.45) is 5.10 Å². The third-order valence-electron chi connectivity index (χ3n) is 7.60. The van der Waals surface area contributed by atoms with Crippen LogP contribution in [0.15, 0.2) is 93.8 Å². The first-order valence-electron chi connectivity index (χ1n) is 14.3. The largest absolute Gasteiger partial charge is 0.295 e. The van der Waals surface area contributed by atoms with Gasteiger partial charge in [-0.05, 0) is 60.9 Å². The molecule has 1 amide bonds. The van der Waals surface area contributed by atoms with Crippen molar-refractivity contribution in [3.63, 3.8) is 0 Å². The fourth-order valence-electron chi connectivity index (χ4n) is 5.40. The van der Waals surface area contributed by atoms with Gasteiger partial charge in [-0.2, -0.15) is 21.9 Å². The number of piperidine rings is 1. The number of fused-ring (bicyclic) bond motifs is 1. The number of hydrazine groups is 1. The molecule has 0 aliphatic carbocycles. The summed E-state index contributed by atoms with van der Waals surface area (Å²) >= 11 is 18.6. The summed E-state index contributed by atoms with van der Waals surface area (Å²) in [5.74, 6) is -0.168. The Morgan fingerprint density at radius 1 is 0.766 bits per heavy atom. The van der Waals surface area contributed by atoms with Crippen molar-refractivity contribution in [1.29, 1.82) is 0 Å². The maximum Gasteiger partial charge on any atom is 0.295 e. The van der Waals surface area contributed by atoms with E-state index in [0.29, 0.717) is 32.9 Å². The molecular formula is C31H29Cl3N4O7S2. The number of benzene rings is 4. The van der Waals surface area contributed by atoms with Crippen LogP contribution in [0, 0.1) is 0 Å². The Kier molecular flexibility index (Phi) is 10.8. The number of nitrogens with one attached hydrogen (secondary N) is 1. The molecule has 0 radical (unpaired) electrons. The van der Waals surface area contributed by atoms with Gasteiger partial charge in [0.15, 0.2) is 0 Å². The van der Waals surface area contributed by atoms with Crippen LogP contribution in [0.2, 0.25) is 15.1 Å². The minimum atomic E-state index is -4.47. The van der Waals surface area contributed by atoms with Gasteiger partial charge in [0.2, 0.25) is 0 Å². The van der Waals surface area contributed by atoms with Crippen molar-refractivity contribution in [3.8, 4) is 0 Å². The molecule has 2 aliphatic rings. The van der Waals surface area contributed by atoms with Gasteiger partial charge in [0, 0.05) is 40.3 Å². The number of anilines is 1. The molecule has 4 aromatic rings. The predicted molar refractivity (Wildman–Crippen MR) is 182 cm³/mol. The van der Waals surface area contributed by atoms with E-state index in [9.17, 15) is 21.6 Å². The van der Waals surface area contributed by atoms with Crippen LogP contribution in [0.4, 0.5) is 5.69 Å². The van der Waals surface area contributed by atoms with E-state index in [1.54, 1.807) is 17.1 Å². The molecule has 4 aromatic carbocycles. The average molecular weight is 740 g/mol. The summed E-state index contributed by atoms with van der Waals surface area (Å²) in [6, 6.07) is 20.2. The van der Waals surface area contributed by atoms with Crippen LogP contribution in [0.1, 0.15) is 37.3 Å². The first-order chi connectivity index (χ1) is 22.2. The van der Waals surface area contributed by atoms with Gasteiger partial charge in [-0.15, -0.1) is 0 Å². The maximum absolute atomic E-state index is 12.9. The van der Waals surface area contributed by atoms with E-state index in [2.05, 4.69) is 10.5 Å². The molecule has 3 N–H and O–H groups in total. The van der Waals surface area contributed by atoms with Crippen LogP contribution < -0.4 is 10.4 Å². The summed E-state index contributed by atoms with van der Waals surface area (Å²) in [4.78, 5) is 12.1. The summed E-state index contributed by atoms with van der Waals surface area (Å²) in [6.45, 7) is 1.73. The second-order valence-electron chi connectivity index (χ2n) is 10.8. The van der Waals surface area contributed by atoms with Crippen LogP contribution in [-0.2, 0) is 25.0 Å². The minimum absolute atomic E-state index is 0.0233. The Labute approximate surface area is 287 Å². The highest BCUT2D eigenvalue weighted by Crippen LogP contribution is 2.40. The Morgan fingerprint density at radius 2 is 1.32 bits per heavy atom. The van der Waals surface area contributed by atoms with Crippen molar-refractivity contribution in [2.75, 3.05) is 18.1 Å². The number of hydrogen-bond donors (Lipinski definition) is 3. The summed E-state index contributed by atoms with van der Waals surface area (Å²) in [6.07, 6.45) is 3.86. The summed E-state index contributed by atoms with van der Waals surface area (Å²) in [5.41, 5.74) is 5.18. The van der Waals surface area contributed by atoms with Crippen LogP contribution >= 0.6 is 34.8 Å². The molecule has 248 valence electrons. The van der Waals surface area contributed by atoms with Crippen LogP contribution in [0.3, 0.4) is 0 Å². The molecule has 6 rings (SSSR count). The molecule has 47 heavy (non-hydrogen) atoms. The van der Waals surface area contributed by atoms with Gasteiger partial charge in [0.1, 0.15) is 15.5 Å². The highest BCUT2D eigenvalue weighted by atomic mass is 35.5. The van der Waals surface area contributed by atoms with Gasteiger partial charge in [0.25, 0.3) is 26.1 Å². The molecule has 1 atom stereocenters. The molecule has 2 aliphatic heterocycles. The fraction of sp³-hybridized carbons (Fsp3) is 0.226. The molecule has 11 nitrogen and oxygen atoms in total. The van der Waals surface area contributed by atoms with E-state index < -0.39 is 30.0 Å². The van der Waals surface area contributed by atoms with E-state index >= 15 is 0 Å². The van der Waals surface area contributed by atoms with Gasteiger partial charge in [-0.25, -0.2) is 5.01 Å². The molecular weight excluding hydrogens is 711 g/mol. The lowest BCUT2D eigenvalue weighted by Gasteiger charge is -2.26. The monoisotopic (exact) mass is 738 g/mol. The molecule has 16 heteroatoms. The van der Waals surface area contributed by atoms with E-state index in [-0.39, 0.29) is 22.7 Å². The number of carbonyl (C=O) groups is 1. The second-order valence-corrected chi connectivity index (χ2v) is 14.9. The summed E-state index contributed by atoms with van der Waals surface area (Å²) in [7, 11) is -8.94. The first kappa shape index (κ1) is 35.0. The van der Waals surface area contributed by atoms with Crippen molar-refractivity contribution in [1.82, 2.24) is 10.4 Å². The average Bonchev–Trinajstić information content (AvgIpc) is 3.46. The van der Waals surface area contributed by atoms with Crippen LogP contribution in [-0.4, -0.2) is 55.7 Å². The van der Waals surface area contributed by atoms with Crippen molar-refractivity contribution in [2.45, 2.75) is 41.5 Å². The molecule has 0 bridgehead atoms. The zero-order valence-electron chi connectivity index (χ0n) is 24.6. The quantitative estimate of drug-likeness (QED) is 0.181. The van der Waals surface area contributed by atoms with Crippen LogP contribution in [0.25, 0.3) is 10.8 Å². The van der Waals surface area contributed by atoms with Gasteiger partial charge in [-0.3, -0.25) is 24.3 Å². The lowest BCUT2D eigenvalue weighted by molar-refractivity contribution is -0.119. The minimum Gasteiger partial charge on any atom is -0.284 e. The number of carbonyl (C=O) groups excluding carboxylic acids is 1. The second kappa shape index (κ2) is 14.5. The molecule has 1 fully saturated rings. The van der Waals surface area contributed by atoms with Crippen molar-refractivity contribution < 1.29 is 30.7 Å². The number of rotatable bonds is 6. The van der Waals surface area contributed by atoms with E-state index in [1.807, 2.05) is 35.3 Å². The lowest BCUT2D eigenvalue weighted by Crippen LogP contribution is -2.47. The third-order valence-corrected chi connectivity index (χ3v) is 10.2. The highest BCUT2D eigenvalue weighted by Gasteiger charge is 2.34. The number of amides is 1. The number of hydrogen-bond acceptors (Lipinski definition) is 8. The predicted octanol–water partition coefficient (Wildman–Crippen LogP) is 6.80. The fourth-order valence-corrected chi connectivity index (χ4v) is 7.43. The number of halogens is 3. The molecule has 1 saturated heterocycles. The normalized spacial score (nSPS) is 17.2. The number of hydrazone groups is 1. The van der Waals surface area contributed by atoms with E-state index in [0.717, 1.165) is 43.6 Å². The Bertz CT molecular complexity index is 1980. The van der Waals surface area contributed by atoms with Crippen molar-refractivity contribution in [3.05, 3.63) is 99.5 Å². The third kappa shape index (κ3) is 8.42. The molecule has 0 spiro atoms. The molecule has 2 heterocycles. The standard InChI is InChI=1S/C21H21Cl3N4O.C10H8O6S2/c22-15-6-4-14(5-7-15)20-13-18(21(29)26-27-10-2-1-3-11-27)25-28(20)19-9-8-16(23)12-17(19)24;11-17(12,13)9-5-1-3-7-8(9)4-2-6-10(7)18(14,15)16/h4-9,12,20H,1-3,10-11,13H2,(H,26,29);1-6H,(H,11,12,13)(H,14,15,16). The van der Waals surface area contributed by atoms with Gasteiger partial charge >= 0.3 is 0 Å². The van der Waals surface area contributed by atoms with Gasteiger partial charge < -0.3 is 0 Å². The maximum atomic E-state index is 12.9. The Hall–Kier alpha value is -3.27. The first-order valence-corrected chi connectivity index (χ1v) is 18.3.